The molecule has 0 aliphatic rings. The highest BCUT2D eigenvalue weighted by atomic mass is 16.5. The number of hydrogen-bond acceptors (Lipinski definition) is 4. The minimum Gasteiger partial charge on any atom is -0.493 e. The zero-order valence-electron chi connectivity index (χ0n) is 11.9. The van der Waals surface area contributed by atoms with Crippen molar-refractivity contribution in [1.29, 1.82) is 0 Å². The van der Waals surface area contributed by atoms with E-state index in [2.05, 4.69) is 4.98 Å². The highest BCUT2D eigenvalue weighted by molar-refractivity contribution is 5.55. The standard InChI is InChI=1S/C16H20N2O2/c1-12(2)20-16-11-14(6-7-15(16)17)19-10-8-13-5-3-4-9-18-13/h3-7,9,11-12H,8,10,17H2,1-2H3. The molecule has 2 rings (SSSR count). The van der Waals surface area contributed by atoms with E-state index >= 15 is 0 Å². The Morgan fingerprint density at radius 2 is 2.05 bits per heavy atom. The molecule has 0 unspecified atom stereocenters. The molecule has 4 heteroatoms. The molecule has 0 saturated carbocycles. The number of benzene rings is 1. The van der Waals surface area contributed by atoms with Crippen molar-refractivity contribution in [3.05, 3.63) is 48.3 Å². The van der Waals surface area contributed by atoms with E-state index in [4.69, 9.17) is 15.2 Å². The second-order valence-electron chi connectivity index (χ2n) is 4.79. The summed E-state index contributed by atoms with van der Waals surface area (Å²) in [5, 5.41) is 0. The molecule has 0 fully saturated rings. The Morgan fingerprint density at radius 1 is 1.20 bits per heavy atom. The lowest BCUT2D eigenvalue weighted by Crippen LogP contribution is -2.08. The summed E-state index contributed by atoms with van der Waals surface area (Å²) in [5.74, 6) is 1.42. The van der Waals surface area contributed by atoms with E-state index in [-0.39, 0.29) is 6.10 Å². The summed E-state index contributed by atoms with van der Waals surface area (Å²) in [5.41, 5.74) is 7.50. The van der Waals surface area contributed by atoms with E-state index in [1.165, 1.54) is 0 Å². The monoisotopic (exact) mass is 272 g/mol. The summed E-state index contributed by atoms with van der Waals surface area (Å²) < 4.78 is 11.3. The smallest absolute Gasteiger partial charge is 0.146 e. The van der Waals surface area contributed by atoms with Crippen LogP contribution in [0.1, 0.15) is 19.5 Å². The van der Waals surface area contributed by atoms with Crippen molar-refractivity contribution in [2.75, 3.05) is 12.3 Å². The van der Waals surface area contributed by atoms with Gasteiger partial charge in [-0.3, -0.25) is 4.98 Å². The third-order valence-corrected chi connectivity index (χ3v) is 2.70. The first-order chi connectivity index (χ1) is 9.65. The molecule has 0 saturated heterocycles. The molecule has 1 heterocycles. The number of ether oxygens (including phenoxy) is 2. The number of nitrogens with two attached hydrogens (primary N) is 1. The van der Waals surface area contributed by atoms with Crippen LogP contribution in [0.5, 0.6) is 11.5 Å². The van der Waals surface area contributed by atoms with E-state index in [9.17, 15) is 0 Å². The lowest BCUT2D eigenvalue weighted by Gasteiger charge is -2.14. The van der Waals surface area contributed by atoms with Crippen molar-refractivity contribution < 1.29 is 9.47 Å². The van der Waals surface area contributed by atoms with Crippen LogP contribution < -0.4 is 15.2 Å². The fourth-order valence-corrected chi connectivity index (χ4v) is 1.78. The topological polar surface area (TPSA) is 57.4 Å². The Morgan fingerprint density at radius 3 is 2.75 bits per heavy atom. The van der Waals surface area contributed by atoms with Gasteiger partial charge in [-0.05, 0) is 38.1 Å². The van der Waals surface area contributed by atoms with Gasteiger partial charge in [0.2, 0.25) is 0 Å². The number of nitrogen functional groups attached to an aromatic ring is 1. The van der Waals surface area contributed by atoms with Crippen molar-refractivity contribution in [2.45, 2.75) is 26.4 Å². The van der Waals surface area contributed by atoms with E-state index in [1.807, 2.05) is 44.2 Å². The number of pyridine rings is 1. The molecule has 0 spiro atoms. The normalized spacial score (nSPS) is 10.6. The lowest BCUT2D eigenvalue weighted by atomic mass is 10.2. The van der Waals surface area contributed by atoms with E-state index in [1.54, 1.807) is 12.3 Å². The van der Waals surface area contributed by atoms with Crippen molar-refractivity contribution in [1.82, 2.24) is 4.98 Å². The lowest BCUT2D eigenvalue weighted by molar-refractivity contribution is 0.241. The van der Waals surface area contributed by atoms with Crippen LogP contribution >= 0.6 is 0 Å². The van der Waals surface area contributed by atoms with Crippen molar-refractivity contribution in [3.63, 3.8) is 0 Å². The number of nitrogens with zero attached hydrogens (tertiary/aromatic N) is 1. The SMILES string of the molecule is CC(C)Oc1cc(OCCc2ccccn2)ccc1N. The molecule has 0 aliphatic heterocycles. The Bertz CT molecular complexity index is 541. The Balaban J connectivity index is 1.93. The highest BCUT2D eigenvalue weighted by Gasteiger charge is 2.05. The maximum atomic E-state index is 5.87. The molecule has 0 bridgehead atoms. The minimum atomic E-state index is 0.0843. The quantitative estimate of drug-likeness (QED) is 0.821. The molecule has 4 nitrogen and oxygen atoms in total. The third-order valence-electron chi connectivity index (χ3n) is 2.70. The largest absolute Gasteiger partial charge is 0.493 e. The van der Waals surface area contributed by atoms with Crippen LogP contribution in [0.3, 0.4) is 0 Å². The van der Waals surface area contributed by atoms with Gasteiger partial charge in [-0.25, -0.2) is 0 Å². The first-order valence-electron chi connectivity index (χ1n) is 6.74. The molecule has 1 aromatic heterocycles. The van der Waals surface area contributed by atoms with E-state index < -0.39 is 0 Å². The van der Waals surface area contributed by atoms with E-state index in [0.717, 1.165) is 17.9 Å². The predicted octanol–water partition coefficient (Wildman–Crippen LogP) is 3.07. The summed E-state index contributed by atoms with van der Waals surface area (Å²) in [6, 6.07) is 11.3. The zero-order chi connectivity index (χ0) is 14.4. The van der Waals surface area contributed by atoms with Crippen LogP contribution in [-0.4, -0.2) is 17.7 Å². The molecule has 2 aromatic rings. The van der Waals surface area contributed by atoms with Crippen LogP contribution in [-0.2, 0) is 6.42 Å². The van der Waals surface area contributed by atoms with Crippen LogP contribution in [0, 0.1) is 0 Å². The van der Waals surface area contributed by atoms with Gasteiger partial charge in [0.1, 0.15) is 11.5 Å². The molecule has 0 atom stereocenters. The van der Waals surface area contributed by atoms with Crippen molar-refractivity contribution in [2.24, 2.45) is 0 Å². The maximum absolute atomic E-state index is 5.87. The molecule has 2 N–H and O–H groups in total. The van der Waals surface area contributed by atoms with Crippen LogP contribution in [0.25, 0.3) is 0 Å². The van der Waals surface area contributed by atoms with Gasteiger partial charge >= 0.3 is 0 Å². The Kier molecular flexibility index (Phi) is 4.82. The van der Waals surface area contributed by atoms with Crippen LogP contribution in [0.15, 0.2) is 42.6 Å². The highest BCUT2D eigenvalue weighted by Crippen LogP contribution is 2.27. The second kappa shape index (κ2) is 6.80. The molecule has 0 radical (unpaired) electrons. The van der Waals surface area contributed by atoms with Gasteiger partial charge in [-0.15, -0.1) is 0 Å². The molecule has 20 heavy (non-hydrogen) atoms. The van der Waals surface area contributed by atoms with Gasteiger partial charge in [0.15, 0.2) is 0 Å². The second-order valence-corrected chi connectivity index (χ2v) is 4.79. The van der Waals surface area contributed by atoms with Crippen LogP contribution in [0.4, 0.5) is 5.69 Å². The van der Waals surface area contributed by atoms with Gasteiger partial charge < -0.3 is 15.2 Å². The van der Waals surface area contributed by atoms with Crippen LogP contribution in [0.2, 0.25) is 0 Å². The van der Waals surface area contributed by atoms with Gasteiger partial charge in [0.05, 0.1) is 18.4 Å². The van der Waals surface area contributed by atoms with Gasteiger partial charge in [0, 0.05) is 24.4 Å². The van der Waals surface area contributed by atoms with Crippen molar-refractivity contribution >= 4 is 5.69 Å². The number of rotatable bonds is 6. The van der Waals surface area contributed by atoms with E-state index in [0.29, 0.717) is 18.0 Å². The average molecular weight is 272 g/mol. The molecule has 1 aromatic carbocycles. The third kappa shape index (κ3) is 4.16. The fourth-order valence-electron chi connectivity index (χ4n) is 1.78. The number of hydrogen-bond donors (Lipinski definition) is 1. The fraction of sp³-hybridized carbons (Fsp3) is 0.312. The van der Waals surface area contributed by atoms with Gasteiger partial charge in [-0.1, -0.05) is 6.07 Å². The summed E-state index contributed by atoms with van der Waals surface area (Å²) >= 11 is 0. The first kappa shape index (κ1) is 14.2. The zero-order valence-corrected chi connectivity index (χ0v) is 11.9. The van der Waals surface area contributed by atoms with Gasteiger partial charge in [0.25, 0.3) is 0 Å². The summed E-state index contributed by atoms with van der Waals surface area (Å²) in [6.07, 6.45) is 2.64. The molecular weight excluding hydrogens is 252 g/mol. The number of anilines is 1. The minimum absolute atomic E-state index is 0.0843. The Hall–Kier alpha value is -2.23. The first-order valence-corrected chi connectivity index (χ1v) is 6.74. The Labute approximate surface area is 119 Å². The molecule has 0 aliphatic carbocycles. The maximum Gasteiger partial charge on any atom is 0.146 e. The summed E-state index contributed by atoms with van der Waals surface area (Å²) in [4.78, 5) is 4.26. The van der Waals surface area contributed by atoms with Crippen molar-refractivity contribution in [3.8, 4) is 11.5 Å². The number of aromatic nitrogens is 1. The molecule has 0 amide bonds. The van der Waals surface area contributed by atoms with Gasteiger partial charge in [-0.2, -0.15) is 0 Å². The average Bonchev–Trinajstić information content (AvgIpc) is 2.43. The predicted molar refractivity (Wildman–Crippen MR) is 80.1 cm³/mol. The summed E-state index contributed by atoms with van der Waals surface area (Å²) in [6.45, 7) is 4.50. The molecule has 106 valence electrons. The molecular formula is C16H20N2O2. The summed E-state index contributed by atoms with van der Waals surface area (Å²) in [7, 11) is 0.